The summed E-state index contributed by atoms with van der Waals surface area (Å²) in [4.78, 5) is 0. The van der Waals surface area contributed by atoms with Crippen molar-refractivity contribution >= 4 is 0 Å². The van der Waals surface area contributed by atoms with E-state index < -0.39 is 0 Å². The molecule has 2 nitrogen and oxygen atoms in total. The Labute approximate surface area is 88.1 Å². The number of aliphatic hydroxyl groups is 1. The summed E-state index contributed by atoms with van der Waals surface area (Å²) >= 11 is 0. The van der Waals surface area contributed by atoms with Crippen LogP contribution in [0.25, 0.3) is 0 Å². The van der Waals surface area contributed by atoms with E-state index in [4.69, 9.17) is 0 Å². The molecule has 0 aromatic carbocycles. The zero-order valence-electron chi connectivity index (χ0n) is 9.84. The van der Waals surface area contributed by atoms with Crippen molar-refractivity contribution < 1.29 is 5.11 Å². The molecule has 2 unspecified atom stereocenters. The monoisotopic (exact) mass is 199 g/mol. The van der Waals surface area contributed by atoms with Gasteiger partial charge in [-0.15, -0.1) is 0 Å². The molecular formula is C12H25NO. The van der Waals surface area contributed by atoms with Gasteiger partial charge in [-0.3, -0.25) is 0 Å². The summed E-state index contributed by atoms with van der Waals surface area (Å²) in [7, 11) is 0. The van der Waals surface area contributed by atoms with Crippen molar-refractivity contribution in [3.8, 4) is 0 Å². The SMILES string of the molecule is CCCC(CC)NC(C)(CO)C1CC1. The van der Waals surface area contributed by atoms with Crippen molar-refractivity contribution in [2.75, 3.05) is 6.61 Å². The van der Waals surface area contributed by atoms with E-state index in [0.717, 1.165) is 6.42 Å². The molecule has 2 atom stereocenters. The van der Waals surface area contributed by atoms with Gasteiger partial charge in [0.15, 0.2) is 0 Å². The lowest BCUT2D eigenvalue weighted by molar-refractivity contribution is 0.138. The summed E-state index contributed by atoms with van der Waals surface area (Å²) in [5.41, 5.74) is -0.0180. The molecule has 0 aromatic heterocycles. The Morgan fingerprint density at radius 2 is 2.07 bits per heavy atom. The Balaban J connectivity index is 2.44. The number of hydrogen-bond acceptors (Lipinski definition) is 2. The van der Waals surface area contributed by atoms with Gasteiger partial charge >= 0.3 is 0 Å². The maximum absolute atomic E-state index is 9.45. The minimum absolute atomic E-state index is 0.0180. The van der Waals surface area contributed by atoms with E-state index in [1.54, 1.807) is 0 Å². The van der Waals surface area contributed by atoms with Crippen LogP contribution in [-0.2, 0) is 0 Å². The van der Waals surface area contributed by atoms with E-state index in [1.807, 2.05) is 0 Å². The Bertz CT molecular complexity index is 168. The zero-order chi connectivity index (χ0) is 10.6. The van der Waals surface area contributed by atoms with Crippen LogP contribution in [0.1, 0.15) is 52.9 Å². The standard InChI is InChI=1S/C12H25NO/c1-4-6-11(5-2)13-12(3,9-14)10-7-8-10/h10-11,13-14H,4-9H2,1-3H3. The lowest BCUT2D eigenvalue weighted by atomic mass is 9.94. The van der Waals surface area contributed by atoms with E-state index >= 15 is 0 Å². The van der Waals surface area contributed by atoms with E-state index in [2.05, 4.69) is 26.1 Å². The lowest BCUT2D eigenvalue weighted by Gasteiger charge is -2.33. The molecule has 1 rings (SSSR count). The highest BCUT2D eigenvalue weighted by Gasteiger charge is 2.41. The topological polar surface area (TPSA) is 32.3 Å². The fourth-order valence-electron chi connectivity index (χ4n) is 2.21. The fraction of sp³-hybridized carbons (Fsp3) is 1.00. The van der Waals surface area contributed by atoms with Crippen molar-refractivity contribution in [1.29, 1.82) is 0 Å². The number of rotatable bonds is 7. The highest BCUT2D eigenvalue weighted by molar-refractivity contribution is 4.98. The van der Waals surface area contributed by atoms with Gasteiger partial charge in [-0.2, -0.15) is 0 Å². The maximum atomic E-state index is 9.45. The molecule has 0 radical (unpaired) electrons. The Hall–Kier alpha value is -0.0800. The van der Waals surface area contributed by atoms with Gasteiger partial charge < -0.3 is 10.4 Å². The van der Waals surface area contributed by atoms with Crippen LogP contribution in [0.3, 0.4) is 0 Å². The van der Waals surface area contributed by atoms with Gasteiger partial charge in [-0.25, -0.2) is 0 Å². The highest BCUT2D eigenvalue weighted by Crippen LogP contribution is 2.39. The first kappa shape index (κ1) is 12.0. The van der Waals surface area contributed by atoms with Crippen molar-refractivity contribution in [1.82, 2.24) is 5.32 Å². The van der Waals surface area contributed by atoms with E-state index in [-0.39, 0.29) is 12.1 Å². The molecule has 1 aliphatic rings. The summed E-state index contributed by atoms with van der Waals surface area (Å²) in [5, 5.41) is 13.1. The van der Waals surface area contributed by atoms with Crippen LogP contribution in [0.2, 0.25) is 0 Å². The van der Waals surface area contributed by atoms with Crippen LogP contribution >= 0.6 is 0 Å². The molecule has 2 heteroatoms. The molecule has 0 spiro atoms. The molecule has 0 heterocycles. The average molecular weight is 199 g/mol. The summed E-state index contributed by atoms with van der Waals surface area (Å²) in [6.07, 6.45) is 6.17. The molecule has 1 saturated carbocycles. The largest absolute Gasteiger partial charge is 0.394 e. The quantitative estimate of drug-likeness (QED) is 0.659. The van der Waals surface area contributed by atoms with Gasteiger partial charge in [0, 0.05) is 11.6 Å². The molecular weight excluding hydrogens is 174 g/mol. The predicted molar refractivity (Wildman–Crippen MR) is 60.3 cm³/mol. The summed E-state index contributed by atoms with van der Waals surface area (Å²) < 4.78 is 0. The van der Waals surface area contributed by atoms with Gasteiger partial charge in [0.2, 0.25) is 0 Å². The van der Waals surface area contributed by atoms with Crippen LogP contribution in [0.15, 0.2) is 0 Å². The molecule has 0 amide bonds. The Morgan fingerprint density at radius 1 is 1.43 bits per heavy atom. The molecule has 84 valence electrons. The second-order valence-electron chi connectivity index (χ2n) is 4.89. The molecule has 1 fully saturated rings. The van der Waals surface area contributed by atoms with Gasteiger partial charge in [0.05, 0.1) is 6.61 Å². The zero-order valence-corrected chi connectivity index (χ0v) is 9.84. The highest BCUT2D eigenvalue weighted by atomic mass is 16.3. The number of aliphatic hydroxyl groups excluding tert-OH is 1. The third kappa shape index (κ3) is 2.96. The van der Waals surface area contributed by atoms with Gasteiger partial charge in [0.25, 0.3) is 0 Å². The Kier molecular flexibility index (Phi) is 4.39. The second kappa shape index (κ2) is 5.13. The minimum Gasteiger partial charge on any atom is -0.394 e. The second-order valence-corrected chi connectivity index (χ2v) is 4.89. The van der Waals surface area contributed by atoms with Crippen molar-refractivity contribution in [2.45, 2.75) is 64.5 Å². The molecule has 2 N–H and O–H groups in total. The Morgan fingerprint density at radius 3 is 2.43 bits per heavy atom. The minimum atomic E-state index is -0.0180. The molecule has 14 heavy (non-hydrogen) atoms. The summed E-state index contributed by atoms with van der Waals surface area (Å²) in [6, 6.07) is 0.581. The lowest BCUT2D eigenvalue weighted by Crippen LogP contribution is -2.52. The first-order valence-electron chi connectivity index (χ1n) is 6.04. The van der Waals surface area contributed by atoms with Crippen LogP contribution in [-0.4, -0.2) is 23.3 Å². The van der Waals surface area contributed by atoms with Crippen molar-refractivity contribution in [2.24, 2.45) is 5.92 Å². The third-order valence-corrected chi connectivity index (χ3v) is 3.47. The van der Waals surface area contributed by atoms with Crippen LogP contribution in [0, 0.1) is 5.92 Å². The normalized spacial score (nSPS) is 23.1. The van der Waals surface area contributed by atoms with E-state index in [0.29, 0.717) is 12.0 Å². The smallest absolute Gasteiger partial charge is 0.0613 e. The van der Waals surface area contributed by atoms with Crippen LogP contribution < -0.4 is 5.32 Å². The van der Waals surface area contributed by atoms with Gasteiger partial charge in [0.1, 0.15) is 0 Å². The fourth-order valence-corrected chi connectivity index (χ4v) is 2.21. The van der Waals surface area contributed by atoms with E-state index in [9.17, 15) is 5.11 Å². The number of nitrogens with one attached hydrogen (secondary N) is 1. The van der Waals surface area contributed by atoms with E-state index in [1.165, 1.54) is 25.7 Å². The predicted octanol–water partition coefficient (Wildman–Crippen LogP) is 2.32. The van der Waals surface area contributed by atoms with Gasteiger partial charge in [-0.1, -0.05) is 20.3 Å². The summed E-state index contributed by atoms with van der Waals surface area (Å²) in [5.74, 6) is 0.707. The average Bonchev–Trinajstić information content (AvgIpc) is 3.00. The van der Waals surface area contributed by atoms with Gasteiger partial charge in [-0.05, 0) is 38.5 Å². The molecule has 0 bridgehead atoms. The maximum Gasteiger partial charge on any atom is 0.0613 e. The molecule has 1 aliphatic carbocycles. The first-order valence-corrected chi connectivity index (χ1v) is 6.04. The molecule has 0 aliphatic heterocycles. The van der Waals surface area contributed by atoms with Crippen molar-refractivity contribution in [3.63, 3.8) is 0 Å². The first-order chi connectivity index (χ1) is 6.66. The van der Waals surface area contributed by atoms with Crippen LogP contribution in [0.4, 0.5) is 0 Å². The van der Waals surface area contributed by atoms with Crippen LogP contribution in [0.5, 0.6) is 0 Å². The third-order valence-electron chi connectivity index (χ3n) is 3.47. The number of hydrogen-bond donors (Lipinski definition) is 2. The molecule has 0 aromatic rings. The van der Waals surface area contributed by atoms with Crippen molar-refractivity contribution in [3.05, 3.63) is 0 Å². The molecule has 0 saturated heterocycles. The summed E-state index contributed by atoms with van der Waals surface area (Å²) in [6.45, 7) is 6.89.